The van der Waals surface area contributed by atoms with Crippen LogP contribution in [-0.4, -0.2) is 60.9 Å². The first-order chi connectivity index (χ1) is 13.4. The molecule has 0 unspecified atom stereocenters. The molecule has 2 fully saturated rings. The van der Waals surface area contributed by atoms with Gasteiger partial charge in [-0.2, -0.15) is 4.52 Å². The lowest BCUT2D eigenvalue weighted by Gasteiger charge is -2.30. The predicted octanol–water partition coefficient (Wildman–Crippen LogP) is 1.89. The zero-order valence-corrected chi connectivity index (χ0v) is 15.4. The highest BCUT2D eigenvalue weighted by molar-refractivity contribution is 5.46. The van der Waals surface area contributed by atoms with Gasteiger partial charge in [0.1, 0.15) is 12.1 Å². The summed E-state index contributed by atoms with van der Waals surface area (Å²) < 4.78 is 1.97. The lowest BCUT2D eigenvalue weighted by molar-refractivity contribution is 0.200. The summed E-state index contributed by atoms with van der Waals surface area (Å²) in [5.74, 6) is 2.46. The number of nitrogens with zero attached hydrogens (tertiary/aromatic N) is 8. The average Bonchev–Trinajstić information content (AvgIpc) is 3.39. The Hall–Kier alpha value is -2.61. The summed E-state index contributed by atoms with van der Waals surface area (Å²) in [4.78, 5) is 13.0. The molecular weight excluding hydrogens is 340 g/mol. The number of hydrogen-bond donors (Lipinski definition) is 0. The van der Waals surface area contributed by atoms with Crippen LogP contribution in [0.5, 0.6) is 0 Å². The first-order valence-electron chi connectivity index (χ1n) is 9.80. The Morgan fingerprint density at radius 1 is 0.926 bits per heavy atom. The van der Waals surface area contributed by atoms with E-state index in [1.165, 1.54) is 18.4 Å². The van der Waals surface area contributed by atoms with E-state index in [2.05, 4.69) is 36.0 Å². The highest BCUT2D eigenvalue weighted by Gasteiger charge is 2.25. The van der Waals surface area contributed by atoms with Crippen LogP contribution in [-0.2, 0) is 6.54 Å². The third kappa shape index (κ3) is 3.37. The number of rotatable bonds is 4. The maximum Gasteiger partial charge on any atom is 0.178 e. The van der Waals surface area contributed by atoms with Crippen molar-refractivity contribution in [2.45, 2.75) is 38.1 Å². The van der Waals surface area contributed by atoms with Gasteiger partial charge in [0.2, 0.25) is 0 Å². The molecule has 0 bridgehead atoms. The second kappa shape index (κ2) is 7.19. The third-order valence-electron chi connectivity index (χ3n) is 5.68. The fourth-order valence-electron chi connectivity index (χ4n) is 4.18. The number of fused-ring (bicyclic) bond motifs is 1. The fourth-order valence-corrected chi connectivity index (χ4v) is 4.18. The van der Waals surface area contributed by atoms with E-state index in [9.17, 15) is 0 Å². The predicted molar refractivity (Wildman–Crippen MR) is 102 cm³/mol. The van der Waals surface area contributed by atoms with Crippen LogP contribution in [0.1, 0.15) is 43.0 Å². The number of aromatic nitrogens is 6. The van der Waals surface area contributed by atoms with Crippen molar-refractivity contribution in [3.05, 3.63) is 42.2 Å². The normalized spacial score (nSPS) is 19.2. The summed E-state index contributed by atoms with van der Waals surface area (Å²) in [5.41, 5.74) is 2.01. The molecule has 5 rings (SSSR count). The molecule has 8 nitrogen and oxygen atoms in total. The van der Waals surface area contributed by atoms with Crippen molar-refractivity contribution < 1.29 is 0 Å². The summed E-state index contributed by atoms with van der Waals surface area (Å²) in [6, 6.07) is 4.12. The minimum absolute atomic E-state index is 0.407. The zero-order chi connectivity index (χ0) is 18.1. The van der Waals surface area contributed by atoms with Crippen molar-refractivity contribution in [2.75, 3.05) is 31.1 Å². The van der Waals surface area contributed by atoms with Gasteiger partial charge in [-0.3, -0.25) is 4.90 Å². The van der Waals surface area contributed by atoms with E-state index in [4.69, 9.17) is 5.10 Å². The number of hydrogen-bond acceptors (Lipinski definition) is 7. The average molecular weight is 364 g/mol. The third-order valence-corrected chi connectivity index (χ3v) is 5.68. The lowest BCUT2D eigenvalue weighted by atomic mass is 9.96. The van der Waals surface area contributed by atoms with Gasteiger partial charge in [0.15, 0.2) is 11.5 Å². The van der Waals surface area contributed by atoms with Crippen LogP contribution in [0, 0.1) is 0 Å². The molecule has 8 heteroatoms. The van der Waals surface area contributed by atoms with Gasteiger partial charge in [-0.15, -0.1) is 15.3 Å². The SMILES string of the molecule is c1ncc(CN2CCC(c3nnc4ccc(N5CCCC5)nn34)CC2)cn1. The van der Waals surface area contributed by atoms with Crippen LogP contribution in [0.15, 0.2) is 30.9 Å². The maximum atomic E-state index is 4.87. The largest absolute Gasteiger partial charge is 0.355 e. The molecule has 0 spiro atoms. The Bertz CT molecular complexity index is 894. The van der Waals surface area contributed by atoms with Gasteiger partial charge >= 0.3 is 0 Å². The van der Waals surface area contributed by atoms with Gasteiger partial charge < -0.3 is 4.90 Å². The van der Waals surface area contributed by atoms with Crippen molar-refractivity contribution >= 4 is 11.5 Å². The van der Waals surface area contributed by atoms with E-state index in [1.807, 2.05) is 23.0 Å². The van der Waals surface area contributed by atoms with Crippen molar-refractivity contribution in [3.63, 3.8) is 0 Å². The molecule has 5 heterocycles. The molecule has 140 valence electrons. The van der Waals surface area contributed by atoms with Crippen molar-refractivity contribution in [2.24, 2.45) is 0 Å². The number of likely N-dealkylation sites (tertiary alicyclic amines) is 1. The highest BCUT2D eigenvalue weighted by atomic mass is 15.4. The number of anilines is 1. The van der Waals surface area contributed by atoms with Crippen LogP contribution in [0.25, 0.3) is 5.65 Å². The minimum Gasteiger partial charge on any atom is -0.355 e. The molecular formula is C19H24N8. The molecule has 27 heavy (non-hydrogen) atoms. The Morgan fingerprint density at radius 3 is 2.48 bits per heavy atom. The van der Waals surface area contributed by atoms with Crippen molar-refractivity contribution in [3.8, 4) is 0 Å². The van der Waals surface area contributed by atoms with E-state index >= 15 is 0 Å². The monoisotopic (exact) mass is 364 g/mol. The van der Waals surface area contributed by atoms with Gasteiger partial charge in [-0.05, 0) is 50.9 Å². The van der Waals surface area contributed by atoms with Crippen LogP contribution in [0.4, 0.5) is 5.82 Å². The van der Waals surface area contributed by atoms with Crippen LogP contribution in [0.3, 0.4) is 0 Å². The second-order valence-corrected chi connectivity index (χ2v) is 7.51. The minimum atomic E-state index is 0.407. The van der Waals surface area contributed by atoms with E-state index in [1.54, 1.807) is 6.33 Å². The Balaban J connectivity index is 1.30. The quantitative estimate of drug-likeness (QED) is 0.700. The molecule has 0 aromatic carbocycles. The van der Waals surface area contributed by atoms with E-state index in [0.717, 1.165) is 62.9 Å². The summed E-state index contributed by atoms with van der Waals surface area (Å²) in [6.45, 7) is 5.18. The molecule has 0 radical (unpaired) electrons. The molecule has 0 amide bonds. The number of piperidine rings is 1. The van der Waals surface area contributed by atoms with Crippen LogP contribution in [0.2, 0.25) is 0 Å². The molecule has 0 aliphatic carbocycles. The van der Waals surface area contributed by atoms with Gasteiger partial charge in [0.25, 0.3) is 0 Å². The topological polar surface area (TPSA) is 75.3 Å². The van der Waals surface area contributed by atoms with Crippen molar-refractivity contribution in [1.82, 2.24) is 34.7 Å². The maximum absolute atomic E-state index is 4.87. The van der Waals surface area contributed by atoms with Gasteiger partial charge in [-0.25, -0.2) is 9.97 Å². The summed E-state index contributed by atoms with van der Waals surface area (Å²) in [6.07, 6.45) is 10.0. The molecule has 2 aliphatic heterocycles. The molecule has 0 saturated carbocycles. The Labute approximate surface area is 158 Å². The first kappa shape index (κ1) is 16.6. The summed E-state index contributed by atoms with van der Waals surface area (Å²) in [7, 11) is 0. The first-order valence-corrected chi connectivity index (χ1v) is 9.80. The molecule has 3 aromatic rings. The summed E-state index contributed by atoms with van der Waals surface area (Å²) in [5, 5.41) is 13.7. The van der Waals surface area contributed by atoms with Gasteiger partial charge in [-0.1, -0.05) is 0 Å². The standard InChI is InChI=1S/C19H24N8/c1-2-8-26(7-1)18-4-3-17-22-23-19(27(17)24-18)16-5-9-25(10-6-16)13-15-11-20-14-21-12-15/h3-4,11-12,14,16H,1-2,5-10,13H2. The Morgan fingerprint density at radius 2 is 1.70 bits per heavy atom. The second-order valence-electron chi connectivity index (χ2n) is 7.51. The van der Waals surface area contributed by atoms with Crippen LogP contribution < -0.4 is 4.90 Å². The lowest BCUT2D eigenvalue weighted by Crippen LogP contribution is -2.33. The van der Waals surface area contributed by atoms with Crippen LogP contribution >= 0.6 is 0 Å². The van der Waals surface area contributed by atoms with Crippen molar-refractivity contribution in [1.29, 1.82) is 0 Å². The molecule has 3 aromatic heterocycles. The molecule has 2 saturated heterocycles. The Kier molecular flexibility index (Phi) is 4.41. The van der Waals surface area contributed by atoms with Gasteiger partial charge in [0.05, 0.1) is 0 Å². The molecule has 2 aliphatic rings. The molecule has 0 atom stereocenters. The highest BCUT2D eigenvalue weighted by Crippen LogP contribution is 2.28. The van der Waals surface area contributed by atoms with E-state index in [-0.39, 0.29) is 0 Å². The fraction of sp³-hybridized carbons (Fsp3) is 0.526. The van der Waals surface area contributed by atoms with Gasteiger partial charge in [0, 0.05) is 43.5 Å². The summed E-state index contributed by atoms with van der Waals surface area (Å²) >= 11 is 0. The molecule has 0 N–H and O–H groups in total. The zero-order valence-electron chi connectivity index (χ0n) is 15.4. The smallest absolute Gasteiger partial charge is 0.178 e. The van der Waals surface area contributed by atoms with E-state index in [0.29, 0.717) is 5.92 Å². The van der Waals surface area contributed by atoms with E-state index < -0.39 is 0 Å².